The minimum atomic E-state index is -0.298. The molecule has 2 aromatic carbocycles. The van der Waals surface area contributed by atoms with Crippen LogP contribution in [0.3, 0.4) is 0 Å². The lowest BCUT2D eigenvalue weighted by Crippen LogP contribution is -2.41. The topological polar surface area (TPSA) is 18.5 Å². The minimum absolute atomic E-state index is 0.207. The second-order valence-electron chi connectivity index (χ2n) is 8.65. The first-order valence-electron chi connectivity index (χ1n) is 9.84. The van der Waals surface area contributed by atoms with Crippen LogP contribution < -0.4 is 0 Å². The van der Waals surface area contributed by atoms with Crippen molar-refractivity contribution in [2.45, 2.75) is 65.0 Å². The van der Waals surface area contributed by atoms with Crippen molar-refractivity contribution in [1.82, 2.24) is 0 Å². The van der Waals surface area contributed by atoms with Gasteiger partial charge in [-0.05, 0) is 64.6 Å². The lowest BCUT2D eigenvalue weighted by Gasteiger charge is -2.32. The Labute approximate surface area is 164 Å². The molecule has 2 nitrogen and oxygen atoms in total. The second kappa shape index (κ2) is 7.65. The van der Waals surface area contributed by atoms with E-state index in [1.807, 2.05) is 0 Å². The third-order valence-electron chi connectivity index (χ3n) is 5.93. The predicted octanol–water partition coefficient (Wildman–Crippen LogP) is 6.27. The molecule has 0 aliphatic carbocycles. The highest BCUT2D eigenvalue weighted by Crippen LogP contribution is 2.40. The van der Waals surface area contributed by atoms with E-state index in [0.717, 1.165) is 6.32 Å². The summed E-state index contributed by atoms with van der Waals surface area (Å²) in [5.74, 6) is 0.237. The summed E-state index contributed by atoms with van der Waals surface area (Å²) < 4.78 is 12.6. The van der Waals surface area contributed by atoms with Crippen LogP contribution in [0.5, 0.6) is 0 Å². The summed E-state index contributed by atoms with van der Waals surface area (Å²) in [5.41, 5.74) is 4.50. The van der Waals surface area contributed by atoms with Gasteiger partial charge in [-0.2, -0.15) is 0 Å². The van der Waals surface area contributed by atoms with Gasteiger partial charge in [-0.3, -0.25) is 0 Å². The van der Waals surface area contributed by atoms with Crippen molar-refractivity contribution in [2.75, 3.05) is 0 Å². The van der Waals surface area contributed by atoms with Crippen molar-refractivity contribution >= 4 is 12.7 Å². The molecule has 0 amide bonds. The van der Waals surface area contributed by atoms with E-state index in [-0.39, 0.29) is 24.2 Å². The fourth-order valence-electron chi connectivity index (χ4n) is 3.48. The number of rotatable bonds is 5. The Morgan fingerprint density at radius 2 is 1.48 bits per heavy atom. The Kier molecular flexibility index (Phi) is 5.64. The first-order chi connectivity index (χ1) is 12.7. The third kappa shape index (κ3) is 4.53. The Bertz CT molecular complexity index is 775. The molecule has 1 fully saturated rings. The maximum absolute atomic E-state index is 6.28. The number of hydrogen-bond acceptors (Lipinski definition) is 2. The fourth-order valence-corrected chi connectivity index (χ4v) is 3.48. The molecular formula is C24H31BO2. The molecule has 0 spiro atoms. The maximum Gasteiger partial charge on any atom is 0.458 e. The summed E-state index contributed by atoms with van der Waals surface area (Å²) in [4.78, 5) is 0. The van der Waals surface area contributed by atoms with Crippen molar-refractivity contribution in [3.8, 4) is 0 Å². The Morgan fingerprint density at radius 1 is 0.926 bits per heavy atom. The zero-order valence-electron chi connectivity index (χ0n) is 17.5. The molecule has 0 N–H and O–H groups in total. The first-order valence-corrected chi connectivity index (χ1v) is 9.84. The van der Waals surface area contributed by atoms with Crippen LogP contribution in [0.4, 0.5) is 0 Å². The van der Waals surface area contributed by atoms with Gasteiger partial charge in [0, 0.05) is 5.92 Å². The third-order valence-corrected chi connectivity index (χ3v) is 5.93. The molecule has 1 heterocycles. The monoisotopic (exact) mass is 362 g/mol. The predicted molar refractivity (Wildman–Crippen MR) is 115 cm³/mol. The molecule has 0 bridgehead atoms. The highest BCUT2D eigenvalue weighted by molar-refractivity contribution is 6.45. The summed E-state index contributed by atoms with van der Waals surface area (Å²) in [6, 6.07) is 19.3. The minimum Gasteiger partial charge on any atom is -0.403 e. The first kappa shape index (κ1) is 19.9. The zero-order valence-corrected chi connectivity index (χ0v) is 17.5. The molecule has 1 aliphatic heterocycles. The van der Waals surface area contributed by atoms with Crippen LogP contribution in [0.15, 0.2) is 60.7 Å². The summed E-state index contributed by atoms with van der Waals surface area (Å²) in [7, 11) is -0.207. The molecular weight excluding hydrogens is 331 g/mol. The largest absolute Gasteiger partial charge is 0.458 e. The lowest BCUT2D eigenvalue weighted by atomic mass is 9.74. The van der Waals surface area contributed by atoms with E-state index in [1.165, 1.54) is 22.3 Å². The average molecular weight is 362 g/mol. The molecule has 1 atom stereocenters. The number of hydrogen-bond donors (Lipinski definition) is 0. The molecule has 0 saturated carbocycles. The molecule has 27 heavy (non-hydrogen) atoms. The van der Waals surface area contributed by atoms with Gasteiger partial charge < -0.3 is 9.31 Å². The van der Waals surface area contributed by atoms with Gasteiger partial charge in [0.15, 0.2) is 0 Å². The van der Waals surface area contributed by atoms with E-state index >= 15 is 0 Å². The fraction of sp³-hybridized carbons (Fsp3) is 0.417. The van der Waals surface area contributed by atoms with Crippen LogP contribution in [0.2, 0.25) is 6.32 Å². The quantitative estimate of drug-likeness (QED) is 0.583. The van der Waals surface area contributed by atoms with Crippen molar-refractivity contribution in [3.63, 3.8) is 0 Å². The van der Waals surface area contributed by atoms with Gasteiger partial charge in [0.1, 0.15) is 0 Å². The standard InChI is InChI=1S/C24H31BO2/c1-18-12-14-21(15-13-18)22(16-19(2)20-10-8-7-9-11-20)17-25-26-23(3,4)24(5,6)27-25/h7-16,22H,17H2,1-6H3/b19-16+. The molecule has 142 valence electrons. The van der Waals surface area contributed by atoms with E-state index < -0.39 is 0 Å². The van der Waals surface area contributed by atoms with Crippen molar-refractivity contribution < 1.29 is 9.31 Å². The van der Waals surface area contributed by atoms with E-state index in [9.17, 15) is 0 Å². The smallest absolute Gasteiger partial charge is 0.403 e. The molecule has 1 aliphatic rings. The summed E-state index contributed by atoms with van der Waals surface area (Å²) in [6.07, 6.45) is 3.16. The second-order valence-corrected chi connectivity index (χ2v) is 8.65. The highest BCUT2D eigenvalue weighted by atomic mass is 16.7. The number of benzene rings is 2. The molecule has 3 rings (SSSR count). The Balaban J connectivity index is 1.88. The van der Waals surface area contributed by atoms with Crippen LogP contribution in [0.1, 0.15) is 57.2 Å². The van der Waals surface area contributed by atoms with Crippen LogP contribution in [0, 0.1) is 6.92 Å². The molecule has 2 aromatic rings. The Hall–Kier alpha value is -1.84. The van der Waals surface area contributed by atoms with Gasteiger partial charge in [0.25, 0.3) is 0 Å². The van der Waals surface area contributed by atoms with E-state index in [1.54, 1.807) is 0 Å². The van der Waals surface area contributed by atoms with Crippen molar-refractivity contribution in [1.29, 1.82) is 0 Å². The van der Waals surface area contributed by atoms with Crippen LogP contribution in [0.25, 0.3) is 5.57 Å². The van der Waals surface area contributed by atoms with Gasteiger partial charge in [0.05, 0.1) is 11.2 Å². The lowest BCUT2D eigenvalue weighted by molar-refractivity contribution is 0.00578. The summed E-state index contributed by atoms with van der Waals surface area (Å²) in [6.45, 7) is 12.7. The molecule has 0 radical (unpaired) electrons. The summed E-state index contributed by atoms with van der Waals surface area (Å²) in [5, 5.41) is 0. The van der Waals surface area contributed by atoms with Gasteiger partial charge in [0.2, 0.25) is 0 Å². The maximum atomic E-state index is 6.28. The normalized spacial score (nSPS) is 19.9. The van der Waals surface area contributed by atoms with Crippen LogP contribution in [-0.4, -0.2) is 18.3 Å². The van der Waals surface area contributed by atoms with Gasteiger partial charge in [-0.25, -0.2) is 0 Å². The van der Waals surface area contributed by atoms with Crippen molar-refractivity contribution in [3.05, 3.63) is 77.4 Å². The molecule has 3 heteroatoms. The number of aryl methyl sites for hydroxylation is 1. The zero-order chi connectivity index (χ0) is 19.7. The van der Waals surface area contributed by atoms with Gasteiger partial charge in [-0.15, -0.1) is 0 Å². The molecule has 0 aromatic heterocycles. The van der Waals surface area contributed by atoms with Gasteiger partial charge >= 0.3 is 7.12 Å². The average Bonchev–Trinajstić information content (AvgIpc) is 2.82. The number of allylic oxidation sites excluding steroid dienone is 2. The summed E-state index contributed by atoms with van der Waals surface area (Å²) >= 11 is 0. The van der Waals surface area contributed by atoms with E-state index in [2.05, 4.69) is 102 Å². The van der Waals surface area contributed by atoms with Gasteiger partial charge in [-0.1, -0.05) is 66.2 Å². The molecule has 1 saturated heterocycles. The molecule has 1 unspecified atom stereocenters. The Morgan fingerprint density at radius 3 is 2.04 bits per heavy atom. The SMILES string of the molecule is C/C(=C\C(CB1OC(C)(C)C(C)(C)O1)c1ccc(C)cc1)c1ccccc1. The van der Waals surface area contributed by atoms with Crippen molar-refractivity contribution in [2.24, 2.45) is 0 Å². The highest BCUT2D eigenvalue weighted by Gasteiger charge is 2.51. The van der Waals surface area contributed by atoms with Crippen LogP contribution in [-0.2, 0) is 9.31 Å². The van der Waals surface area contributed by atoms with E-state index in [4.69, 9.17) is 9.31 Å². The van der Waals surface area contributed by atoms with E-state index in [0.29, 0.717) is 0 Å². The van der Waals surface area contributed by atoms with Crippen LogP contribution >= 0.6 is 0 Å².